The Labute approximate surface area is 165 Å². The Balaban J connectivity index is 1.29. The summed E-state index contributed by atoms with van der Waals surface area (Å²) in [6.45, 7) is 10.2. The van der Waals surface area contributed by atoms with E-state index in [4.69, 9.17) is 4.74 Å². The number of aryl methyl sites for hydroxylation is 2. The average Bonchev–Trinajstić information content (AvgIpc) is 2.61. The molecule has 3 fully saturated rings. The topological polar surface area (TPSA) is 53.0 Å². The van der Waals surface area contributed by atoms with E-state index in [1.54, 1.807) is 0 Å². The van der Waals surface area contributed by atoms with Gasteiger partial charge in [0.25, 0.3) is 0 Å². The highest BCUT2D eigenvalue weighted by molar-refractivity contribution is 7.82. The van der Waals surface area contributed by atoms with Gasteiger partial charge in [0.05, 0.1) is 10.5 Å². The van der Waals surface area contributed by atoms with Gasteiger partial charge in [0.15, 0.2) is 0 Å². The molecular formula is C21H32N2O3S. The van der Waals surface area contributed by atoms with Gasteiger partial charge in [-0.15, -0.1) is 0 Å². The molecule has 0 aromatic heterocycles. The highest BCUT2D eigenvalue weighted by atomic mass is 32.2. The van der Waals surface area contributed by atoms with Crippen LogP contribution in [0.2, 0.25) is 0 Å². The van der Waals surface area contributed by atoms with Crippen molar-refractivity contribution in [2.24, 2.45) is 5.41 Å². The predicted octanol–water partition coefficient (Wildman–Crippen LogP) is 2.27. The van der Waals surface area contributed by atoms with E-state index in [2.05, 4.69) is 35.2 Å². The van der Waals surface area contributed by atoms with E-state index in [0.717, 1.165) is 68.9 Å². The molecule has 3 aliphatic rings. The summed E-state index contributed by atoms with van der Waals surface area (Å²) in [5.41, 5.74) is 2.13. The molecular weight excluding hydrogens is 360 g/mol. The Hall–Kier alpha value is -0.790. The Morgan fingerprint density at radius 1 is 1.11 bits per heavy atom. The zero-order valence-electron chi connectivity index (χ0n) is 16.6. The fraction of sp³-hybridized carbons (Fsp3) is 0.714. The number of β-amino-alcohol motifs (C(OH)–C–C–N with tert-alkyl or cyclic N) is 1. The lowest BCUT2D eigenvalue weighted by Crippen LogP contribution is -2.63. The van der Waals surface area contributed by atoms with Crippen LogP contribution in [-0.4, -0.2) is 70.1 Å². The summed E-state index contributed by atoms with van der Waals surface area (Å²) < 4.78 is 20.5. The summed E-state index contributed by atoms with van der Waals surface area (Å²) >= 11 is 0. The van der Waals surface area contributed by atoms with Crippen LogP contribution >= 0.6 is 0 Å². The molecule has 0 bridgehead atoms. The zero-order valence-corrected chi connectivity index (χ0v) is 17.4. The molecule has 3 aliphatic heterocycles. The maximum absolute atomic E-state index is 13.0. The van der Waals surface area contributed by atoms with Crippen LogP contribution in [0.15, 0.2) is 23.1 Å². The van der Waals surface area contributed by atoms with Gasteiger partial charge in [-0.25, -0.2) is 8.51 Å². The van der Waals surface area contributed by atoms with Crippen molar-refractivity contribution >= 4 is 11.0 Å². The first-order valence-electron chi connectivity index (χ1n) is 10.1. The van der Waals surface area contributed by atoms with E-state index in [0.29, 0.717) is 18.6 Å². The van der Waals surface area contributed by atoms with Crippen LogP contribution < -0.4 is 0 Å². The Kier molecular flexibility index (Phi) is 5.47. The number of piperidine rings is 1. The molecule has 1 aromatic carbocycles. The summed E-state index contributed by atoms with van der Waals surface area (Å²) in [5, 5.41) is 10.7. The summed E-state index contributed by atoms with van der Waals surface area (Å²) in [7, 11) is -1.06. The first-order chi connectivity index (χ1) is 12.9. The third-order valence-corrected chi connectivity index (χ3v) is 8.26. The van der Waals surface area contributed by atoms with Gasteiger partial charge in [0, 0.05) is 58.8 Å². The third-order valence-electron chi connectivity index (χ3n) is 6.60. The molecule has 0 radical (unpaired) electrons. The summed E-state index contributed by atoms with van der Waals surface area (Å²) in [6, 6.07) is 6.19. The van der Waals surface area contributed by atoms with Gasteiger partial charge in [-0.1, -0.05) is 17.7 Å². The third kappa shape index (κ3) is 4.15. The number of nitrogens with zero attached hydrogens (tertiary/aromatic N) is 2. The standard InChI is InChI=1S/C21H32N2O3S/c1-17-3-4-19(18(2)13-17)27(25)23-9-5-20(6-10-23)14-22(15-20)16-21(24)7-11-26-12-8-21/h3-4,13,24H,5-12,14-16H2,1-2H3. The highest BCUT2D eigenvalue weighted by Crippen LogP contribution is 2.42. The summed E-state index contributed by atoms with van der Waals surface area (Å²) in [6.07, 6.45) is 3.70. The summed E-state index contributed by atoms with van der Waals surface area (Å²) in [4.78, 5) is 3.36. The van der Waals surface area contributed by atoms with E-state index in [-0.39, 0.29) is 0 Å². The first-order valence-corrected chi connectivity index (χ1v) is 11.3. The molecule has 5 nitrogen and oxygen atoms in total. The van der Waals surface area contributed by atoms with Crippen molar-refractivity contribution in [1.29, 1.82) is 0 Å². The number of rotatable bonds is 4. The highest BCUT2D eigenvalue weighted by Gasteiger charge is 2.47. The molecule has 6 heteroatoms. The van der Waals surface area contributed by atoms with Gasteiger partial charge in [-0.2, -0.15) is 0 Å². The fourth-order valence-corrected chi connectivity index (χ4v) is 6.23. The van der Waals surface area contributed by atoms with Crippen LogP contribution in [0.4, 0.5) is 0 Å². The van der Waals surface area contributed by atoms with Gasteiger partial charge < -0.3 is 9.84 Å². The normalized spacial score (nSPS) is 26.6. The lowest BCUT2D eigenvalue weighted by Gasteiger charge is -2.55. The van der Waals surface area contributed by atoms with Crippen molar-refractivity contribution in [2.75, 3.05) is 45.9 Å². The molecule has 3 heterocycles. The molecule has 0 amide bonds. The van der Waals surface area contributed by atoms with Gasteiger partial charge in [-0.3, -0.25) is 4.90 Å². The van der Waals surface area contributed by atoms with E-state index >= 15 is 0 Å². The monoisotopic (exact) mass is 392 g/mol. The zero-order chi connectivity index (χ0) is 19.1. The van der Waals surface area contributed by atoms with E-state index in [1.807, 2.05) is 6.07 Å². The van der Waals surface area contributed by atoms with Gasteiger partial charge in [0.2, 0.25) is 0 Å². The van der Waals surface area contributed by atoms with Crippen molar-refractivity contribution in [3.63, 3.8) is 0 Å². The SMILES string of the molecule is Cc1ccc(S(=O)N2CCC3(CC2)CN(CC2(O)CCOCC2)C3)c(C)c1. The molecule has 0 aliphatic carbocycles. The predicted molar refractivity (Wildman–Crippen MR) is 107 cm³/mol. The second-order valence-electron chi connectivity index (χ2n) is 8.93. The Morgan fingerprint density at radius 3 is 2.41 bits per heavy atom. The fourth-order valence-electron chi connectivity index (χ4n) is 4.92. The lowest BCUT2D eigenvalue weighted by atomic mass is 9.71. The minimum atomic E-state index is -1.06. The quantitative estimate of drug-likeness (QED) is 0.854. The van der Waals surface area contributed by atoms with Crippen molar-refractivity contribution in [3.05, 3.63) is 29.3 Å². The molecule has 1 N–H and O–H groups in total. The number of hydrogen-bond donors (Lipinski definition) is 1. The second-order valence-corrected chi connectivity index (χ2v) is 10.4. The lowest BCUT2D eigenvalue weighted by molar-refractivity contribution is -0.118. The van der Waals surface area contributed by atoms with Crippen LogP contribution in [0.25, 0.3) is 0 Å². The number of likely N-dealkylation sites (tertiary alicyclic amines) is 1. The number of aliphatic hydroxyl groups is 1. The second kappa shape index (κ2) is 7.56. The van der Waals surface area contributed by atoms with Crippen LogP contribution in [0.5, 0.6) is 0 Å². The van der Waals surface area contributed by atoms with Crippen LogP contribution in [-0.2, 0) is 15.7 Å². The van der Waals surface area contributed by atoms with Crippen LogP contribution in [0.1, 0.15) is 36.8 Å². The molecule has 3 saturated heterocycles. The number of benzene rings is 1. The molecule has 0 saturated carbocycles. The van der Waals surface area contributed by atoms with Crippen LogP contribution in [0, 0.1) is 19.3 Å². The Morgan fingerprint density at radius 2 is 1.78 bits per heavy atom. The maximum atomic E-state index is 13.0. The van der Waals surface area contributed by atoms with Crippen molar-refractivity contribution < 1.29 is 14.1 Å². The summed E-state index contributed by atoms with van der Waals surface area (Å²) in [5.74, 6) is 0. The molecule has 1 atom stereocenters. The largest absolute Gasteiger partial charge is 0.388 e. The average molecular weight is 393 g/mol. The molecule has 1 unspecified atom stereocenters. The smallest absolute Gasteiger partial charge is 0.127 e. The molecule has 27 heavy (non-hydrogen) atoms. The minimum Gasteiger partial charge on any atom is -0.388 e. The molecule has 4 rings (SSSR count). The minimum absolute atomic E-state index is 0.366. The van der Waals surface area contributed by atoms with Crippen LogP contribution in [0.3, 0.4) is 0 Å². The van der Waals surface area contributed by atoms with Gasteiger partial charge in [-0.05, 0) is 43.7 Å². The van der Waals surface area contributed by atoms with Crippen molar-refractivity contribution in [1.82, 2.24) is 9.21 Å². The van der Waals surface area contributed by atoms with E-state index in [9.17, 15) is 9.32 Å². The van der Waals surface area contributed by atoms with Gasteiger partial charge >= 0.3 is 0 Å². The number of ether oxygens (including phenoxy) is 1. The van der Waals surface area contributed by atoms with E-state index < -0.39 is 16.6 Å². The first kappa shape index (κ1) is 19.5. The number of hydrogen-bond acceptors (Lipinski definition) is 4. The van der Waals surface area contributed by atoms with Gasteiger partial charge in [0.1, 0.15) is 11.0 Å². The maximum Gasteiger partial charge on any atom is 0.127 e. The Bertz CT molecular complexity index is 701. The van der Waals surface area contributed by atoms with Crippen molar-refractivity contribution in [2.45, 2.75) is 50.0 Å². The molecule has 1 spiro atoms. The molecule has 1 aromatic rings. The van der Waals surface area contributed by atoms with Crippen molar-refractivity contribution in [3.8, 4) is 0 Å². The van der Waals surface area contributed by atoms with E-state index in [1.165, 1.54) is 5.56 Å². The molecule has 150 valence electrons.